The lowest BCUT2D eigenvalue weighted by atomic mass is 10.1. The van der Waals surface area contributed by atoms with Crippen molar-refractivity contribution in [3.63, 3.8) is 0 Å². The SMILES string of the molecule is CCN1CCN(c2cc(CNc3ccc4c(Cl)ccnc4c3F)ccn2)CC1. The van der Waals surface area contributed by atoms with Gasteiger partial charge in [0.25, 0.3) is 0 Å². The molecule has 1 fully saturated rings. The van der Waals surface area contributed by atoms with Crippen LogP contribution in [-0.2, 0) is 6.54 Å². The summed E-state index contributed by atoms with van der Waals surface area (Å²) in [4.78, 5) is 13.4. The monoisotopic (exact) mass is 399 g/mol. The average Bonchev–Trinajstić information content (AvgIpc) is 2.74. The van der Waals surface area contributed by atoms with Gasteiger partial charge in [-0.1, -0.05) is 18.5 Å². The van der Waals surface area contributed by atoms with E-state index in [2.05, 4.69) is 38.1 Å². The summed E-state index contributed by atoms with van der Waals surface area (Å²) in [6.45, 7) is 7.84. The Morgan fingerprint density at radius 1 is 1.07 bits per heavy atom. The zero-order chi connectivity index (χ0) is 19.5. The zero-order valence-electron chi connectivity index (χ0n) is 15.8. The summed E-state index contributed by atoms with van der Waals surface area (Å²) < 4.78 is 14.8. The van der Waals surface area contributed by atoms with Crippen LogP contribution in [0.3, 0.4) is 0 Å². The van der Waals surface area contributed by atoms with Gasteiger partial charge in [0, 0.05) is 50.5 Å². The van der Waals surface area contributed by atoms with Crippen molar-refractivity contribution in [1.29, 1.82) is 0 Å². The molecule has 7 heteroatoms. The second-order valence-electron chi connectivity index (χ2n) is 6.91. The molecule has 4 rings (SSSR count). The van der Waals surface area contributed by atoms with Gasteiger partial charge in [0.05, 0.1) is 10.7 Å². The predicted octanol–water partition coefficient (Wildman–Crippen LogP) is 4.18. The van der Waals surface area contributed by atoms with E-state index in [9.17, 15) is 4.39 Å². The van der Waals surface area contributed by atoms with Crippen LogP contribution in [0.5, 0.6) is 0 Å². The highest BCUT2D eigenvalue weighted by Gasteiger charge is 2.17. The number of aromatic nitrogens is 2. The fraction of sp³-hybridized carbons (Fsp3) is 0.333. The van der Waals surface area contributed by atoms with Gasteiger partial charge < -0.3 is 15.1 Å². The first-order chi connectivity index (χ1) is 13.7. The van der Waals surface area contributed by atoms with Crippen LogP contribution in [0.25, 0.3) is 10.9 Å². The fourth-order valence-corrected chi connectivity index (χ4v) is 3.73. The normalized spacial score (nSPS) is 15.2. The first-order valence-corrected chi connectivity index (χ1v) is 9.92. The quantitative estimate of drug-likeness (QED) is 0.697. The number of likely N-dealkylation sites (N-methyl/N-ethyl adjacent to an activating group) is 1. The molecule has 3 aromatic rings. The fourth-order valence-electron chi connectivity index (χ4n) is 3.52. The highest BCUT2D eigenvalue weighted by molar-refractivity contribution is 6.35. The van der Waals surface area contributed by atoms with Crippen LogP contribution < -0.4 is 10.2 Å². The van der Waals surface area contributed by atoms with Crippen molar-refractivity contribution in [1.82, 2.24) is 14.9 Å². The molecule has 1 saturated heterocycles. The Morgan fingerprint density at radius 2 is 1.86 bits per heavy atom. The molecule has 1 aromatic carbocycles. The van der Waals surface area contributed by atoms with E-state index < -0.39 is 0 Å². The van der Waals surface area contributed by atoms with E-state index in [1.807, 2.05) is 12.3 Å². The topological polar surface area (TPSA) is 44.3 Å². The van der Waals surface area contributed by atoms with Crippen molar-refractivity contribution in [3.05, 3.63) is 59.1 Å². The molecule has 0 atom stereocenters. The van der Waals surface area contributed by atoms with Gasteiger partial charge in [-0.2, -0.15) is 0 Å². The molecule has 0 unspecified atom stereocenters. The van der Waals surface area contributed by atoms with Crippen molar-refractivity contribution in [3.8, 4) is 0 Å². The van der Waals surface area contributed by atoms with Crippen LogP contribution in [0.4, 0.5) is 15.9 Å². The summed E-state index contributed by atoms with van der Waals surface area (Å²) in [7, 11) is 0. The van der Waals surface area contributed by atoms with Crippen molar-refractivity contribution in [2.24, 2.45) is 0 Å². The number of pyridine rings is 2. The zero-order valence-corrected chi connectivity index (χ0v) is 16.6. The number of hydrogen-bond acceptors (Lipinski definition) is 5. The molecule has 1 N–H and O–H groups in total. The maximum atomic E-state index is 14.8. The molecule has 0 spiro atoms. The Morgan fingerprint density at radius 3 is 2.64 bits per heavy atom. The number of halogens is 2. The third-order valence-electron chi connectivity index (χ3n) is 5.23. The van der Waals surface area contributed by atoms with Gasteiger partial charge in [-0.15, -0.1) is 0 Å². The largest absolute Gasteiger partial charge is 0.379 e. The molecule has 0 saturated carbocycles. The molecule has 146 valence electrons. The summed E-state index contributed by atoms with van der Waals surface area (Å²) in [5, 5.41) is 4.29. The minimum Gasteiger partial charge on any atom is -0.379 e. The van der Waals surface area contributed by atoms with E-state index in [4.69, 9.17) is 11.6 Å². The van der Waals surface area contributed by atoms with Crippen LogP contribution in [0.1, 0.15) is 12.5 Å². The molecule has 2 aromatic heterocycles. The molecule has 0 bridgehead atoms. The number of anilines is 2. The Hall–Kier alpha value is -2.44. The smallest absolute Gasteiger partial charge is 0.172 e. The third-order valence-corrected chi connectivity index (χ3v) is 5.56. The average molecular weight is 400 g/mol. The van der Waals surface area contributed by atoms with Crippen LogP contribution >= 0.6 is 11.6 Å². The Labute approximate surface area is 169 Å². The maximum Gasteiger partial charge on any atom is 0.172 e. The maximum absolute atomic E-state index is 14.8. The van der Waals surface area contributed by atoms with Crippen molar-refractivity contribution >= 4 is 34.0 Å². The third kappa shape index (κ3) is 3.88. The van der Waals surface area contributed by atoms with Crippen molar-refractivity contribution in [2.75, 3.05) is 42.9 Å². The number of hydrogen-bond donors (Lipinski definition) is 1. The van der Waals surface area contributed by atoms with Gasteiger partial charge in [0.1, 0.15) is 11.3 Å². The van der Waals surface area contributed by atoms with Crippen molar-refractivity contribution < 1.29 is 4.39 Å². The van der Waals surface area contributed by atoms with Crippen molar-refractivity contribution in [2.45, 2.75) is 13.5 Å². The predicted molar refractivity (Wildman–Crippen MR) is 113 cm³/mol. The van der Waals surface area contributed by atoms with Gasteiger partial charge in [0.15, 0.2) is 5.82 Å². The van der Waals surface area contributed by atoms with E-state index in [0.717, 1.165) is 44.1 Å². The lowest BCUT2D eigenvalue weighted by Gasteiger charge is -2.34. The Balaban J connectivity index is 1.47. The molecule has 3 heterocycles. The van der Waals surface area contributed by atoms with E-state index in [1.54, 1.807) is 18.2 Å². The second-order valence-corrected chi connectivity index (χ2v) is 7.32. The number of benzene rings is 1. The van der Waals surface area contributed by atoms with Gasteiger partial charge in [0.2, 0.25) is 0 Å². The summed E-state index contributed by atoms with van der Waals surface area (Å²) >= 11 is 6.12. The molecule has 5 nitrogen and oxygen atoms in total. The molecule has 0 radical (unpaired) electrons. The van der Waals surface area contributed by atoms with Gasteiger partial charge in [-0.25, -0.2) is 9.37 Å². The first-order valence-electron chi connectivity index (χ1n) is 9.54. The van der Waals surface area contributed by atoms with Crippen LogP contribution in [0.15, 0.2) is 42.7 Å². The van der Waals surface area contributed by atoms with E-state index in [-0.39, 0.29) is 11.3 Å². The van der Waals surface area contributed by atoms with E-state index in [0.29, 0.717) is 22.6 Å². The lowest BCUT2D eigenvalue weighted by molar-refractivity contribution is 0.270. The van der Waals surface area contributed by atoms with Gasteiger partial charge in [-0.3, -0.25) is 4.98 Å². The highest BCUT2D eigenvalue weighted by atomic mass is 35.5. The minimum atomic E-state index is -0.384. The summed E-state index contributed by atoms with van der Waals surface area (Å²) in [5.41, 5.74) is 1.75. The summed E-state index contributed by atoms with van der Waals surface area (Å²) in [6, 6.07) is 9.18. The Kier molecular flexibility index (Phi) is 5.59. The molecule has 1 aliphatic rings. The van der Waals surface area contributed by atoms with Crippen LogP contribution in [0, 0.1) is 5.82 Å². The molecule has 0 amide bonds. The minimum absolute atomic E-state index is 0.279. The second kappa shape index (κ2) is 8.29. The van der Waals surface area contributed by atoms with E-state index in [1.165, 1.54) is 6.20 Å². The van der Waals surface area contributed by atoms with Gasteiger partial charge in [-0.05, 0) is 42.4 Å². The molecular formula is C21H23ClFN5. The lowest BCUT2D eigenvalue weighted by Crippen LogP contribution is -2.46. The first kappa shape index (κ1) is 18.9. The number of piperazine rings is 1. The number of fused-ring (bicyclic) bond motifs is 1. The standard InChI is InChI=1S/C21H23ClFN5/c1-2-27-9-11-28(12-10-27)19-13-15(5-7-24-19)14-26-18-4-3-16-17(22)6-8-25-21(16)20(18)23/h3-8,13,26H,2,9-12,14H2,1H3. The summed E-state index contributed by atoms with van der Waals surface area (Å²) in [5.74, 6) is 0.590. The van der Waals surface area contributed by atoms with Crippen LogP contribution in [-0.4, -0.2) is 47.6 Å². The number of rotatable bonds is 5. The Bertz CT molecular complexity index is 972. The molecule has 0 aliphatic carbocycles. The van der Waals surface area contributed by atoms with Crippen LogP contribution in [0.2, 0.25) is 5.02 Å². The number of nitrogens with one attached hydrogen (secondary N) is 1. The van der Waals surface area contributed by atoms with E-state index >= 15 is 0 Å². The molecular weight excluding hydrogens is 377 g/mol. The highest BCUT2D eigenvalue weighted by Crippen LogP contribution is 2.28. The summed E-state index contributed by atoms with van der Waals surface area (Å²) in [6.07, 6.45) is 3.33. The molecule has 1 aliphatic heterocycles. The van der Waals surface area contributed by atoms with Gasteiger partial charge >= 0.3 is 0 Å². The number of nitrogens with zero attached hydrogens (tertiary/aromatic N) is 4. The molecule has 28 heavy (non-hydrogen) atoms.